The van der Waals surface area contributed by atoms with E-state index in [1.54, 1.807) is 0 Å². The van der Waals surface area contributed by atoms with Gasteiger partial charge in [0.25, 0.3) is 0 Å². The molecule has 1 unspecified atom stereocenters. The quantitative estimate of drug-likeness (QED) is 0.373. The van der Waals surface area contributed by atoms with Gasteiger partial charge in [0.05, 0.1) is 14.1 Å². The zero-order chi connectivity index (χ0) is 18.0. The highest BCUT2D eigenvalue weighted by atomic mass is 28.3. The highest BCUT2D eigenvalue weighted by Gasteiger charge is 2.26. The molecular formula is C21H26N2OSi. The lowest BCUT2D eigenvalue weighted by Gasteiger charge is -2.26. The summed E-state index contributed by atoms with van der Waals surface area (Å²) in [5, 5.41) is 14.6. The Balaban J connectivity index is 1.95. The molecule has 0 aliphatic heterocycles. The Morgan fingerprint density at radius 1 is 1.08 bits per heavy atom. The summed E-state index contributed by atoms with van der Waals surface area (Å²) in [6, 6.07) is 24.0. The van der Waals surface area contributed by atoms with E-state index in [2.05, 4.69) is 54.7 Å². The second-order valence-corrected chi connectivity index (χ2v) is 11.7. The van der Waals surface area contributed by atoms with Crippen LogP contribution in [0.4, 0.5) is 0 Å². The summed E-state index contributed by atoms with van der Waals surface area (Å²) in [6.45, 7) is 5.22. The first kappa shape index (κ1) is 18.9. The normalized spacial score (nSPS) is 12.7. The zero-order valence-electron chi connectivity index (χ0n) is 15.1. The monoisotopic (exact) mass is 350 g/mol. The van der Waals surface area contributed by atoms with Crippen molar-refractivity contribution >= 4 is 19.5 Å². The molecule has 0 aliphatic carbocycles. The predicted molar refractivity (Wildman–Crippen MR) is 106 cm³/mol. The van der Waals surface area contributed by atoms with Crippen LogP contribution >= 0.6 is 0 Å². The van der Waals surface area contributed by atoms with E-state index in [9.17, 15) is 0 Å². The third-order valence-corrected chi connectivity index (χ3v) is 7.82. The minimum Gasteiger partial charge on any atom is -0.391 e. The van der Waals surface area contributed by atoms with Gasteiger partial charge < -0.3 is 4.84 Å². The third kappa shape index (κ3) is 6.56. The SMILES string of the molecule is C[Si](C)(CC(/C=N\OCc1ccccc1)CCC#N)c1ccccc1. The second kappa shape index (κ2) is 9.80. The Bertz CT molecular complexity index is 693. The predicted octanol–water partition coefficient (Wildman–Crippen LogP) is 4.72. The van der Waals surface area contributed by atoms with Crippen molar-refractivity contribution in [3.05, 3.63) is 66.2 Å². The van der Waals surface area contributed by atoms with Crippen LogP contribution in [0.25, 0.3) is 0 Å². The summed E-state index contributed by atoms with van der Waals surface area (Å²) in [6.07, 6.45) is 3.28. The smallest absolute Gasteiger partial charge is 0.142 e. The average molecular weight is 351 g/mol. The molecule has 2 rings (SSSR count). The van der Waals surface area contributed by atoms with Crippen molar-refractivity contribution in [2.75, 3.05) is 0 Å². The minimum atomic E-state index is -1.57. The fraction of sp³-hybridized carbons (Fsp3) is 0.333. The molecular weight excluding hydrogens is 324 g/mol. The maximum atomic E-state index is 8.94. The minimum absolute atomic E-state index is 0.275. The summed E-state index contributed by atoms with van der Waals surface area (Å²) in [5.41, 5.74) is 1.10. The van der Waals surface area contributed by atoms with Crippen molar-refractivity contribution in [1.82, 2.24) is 0 Å². The van der Waals surface area contributed by atoms with E-state index in [1.807, 2.05) is 36.5 Å². The lowest BCUT2D eigenvalue weighted by atomic mass is 10.1. The van der Waals surface area contributed by atoms with Crippen LogP contribution in [0.3, 0.4) is 0 Å². The Labute approximate surface area is 152 Å². The molecule has 0 aliphatic rings. The number of nitriles is 1. The summed E-state index contributed by atoms with van der Waals surface area (Å²) < 4.78 is 0. The van der Waals surface area contributed by atoms with Crippen molar-refractivity contribution in [2.45, 2.75) is 38.6 Å². The molecule has 130 valence electrons. The molecule has 0 bridgehead atoms. The van der Waals surface area contributed by atoms with Crippen LogP contribution in [0, 0.1) is 17.2 Å². The summed E-state index contributed by atoms with van der Waals surface area (Å²) >= 11 is 0. The number of nitrogens with zero attached hydrogens (tertiary/aromatic N) is 2. The molecule has 0 radical (unpaired) electrons. The summed E-state index contributed by atoms with van der Waals surface area (Å²) in [4.78, 5) is 5.45. The van der Waals surface area contributed by atoms with Crippen LogP contribution < -0.4 is 5.19 Å². The van der Waals surface area contributed by atoms with Gasteiger partial charge in [-0.15, -0.1) is 0 Å². The van der Waals surface area contributed by atoms with Gasteiger partial charge in [-0.05, 0) is 23.9 Å². The van der Waals surface area contributed by atoms with E-state index >= 15 is 0 Å². The van der Waals surface area contributed by atoms with Gasteiger partial charge in [0.15, 0.2) is 0 Å². The first-order valence-corrected chi connectivity index (χ1v) is 11.9. The number of hydrogen-bond donors (Lipinski definition) is 0. The first-order chi connectivity index (χ1) is 12.1. The van der Waals surface area contributed by atoms with Crippen LogP contribution in [0.5, 0.6) is 0 Å². The Kier molecular flexibility index (Phi) is 7.43. The van der Waals surface area contributed by atoms with E-state index < -0.39 is 8.07 Å². The molecule has 0 heterocycles. The Morgan fingerprint density at radius 3 is 2.36 bits per heavy atom. The molecule has 2 aromatic carbocycles. The molecule has 0 spiro atoms. The first-order valence-electron chi connectivity index (χ1n) is 8.73. The molecule has 0 saturated carbocycles. The highest BCUT2D eigenvalue weighted by molar-refractivity contribution is 6.89. The van der Waals surface area contributed by atoms with E-state index in [-0.39, 0.29) is 5.92 Å². The van der Waals surface area contributed by atoms with Gasteiger partial charge in [-0.3, -0.25) is 0 Å². The molecule has 1 atom stereocenters. The average Bonchev–Trinajstić information content (AvgIpc) is 2.64. The Morgan fingerprint density at radius 2 is 1.72 bits per heavy atom. The van der Waals surface area contributed by atoms with E-state index in [4.69, 9.17) is 10.1 Å². The molecule has 2 aromatic rings. The van der Waals surface area contributed by atoms with Crippen molar-refractivity contribution in [2.24, 2.45) is 11.1 Å². The van der Waals surface area contributed by atoms with Crippen LogP contribution in [0.1, 0.15) is 18.4 Å². The van der Waals surface area contributed by atoms with E-state index in [0.29, 0.717) is 13.0 Å². The van der Waals surface area contributed by atoms with Crippen LogP contribution in [-0.2, 0) is 11.4 Å². The fourth-order valence-electron chi connectivity index (χ4n) is 2.96. The summed E-state index contributed by atoms with van der Waals surface area (Å²) in [7, 11) is -1.57. The lowest BCUT2D eigenvalue weighted by molar-refractivity contribution is 0.130. The molecule has 0 aromatic heterocycles. The van der Waals surface area contributed by atoms with Gasteiger partial charge in [0.1, 0.15) is 6.61 Å². The van der Waals surface area contributed by atoms with E-state index in [1.165, 1.54) is 5.19 Å². The standard InChI is InChI=1S/C21H26N2OSi/c1-25(2,21-13-7-4-8-14-21)18-20(12-9-15-22)16-23-24-17-19-10-5-3-6-11-19/h3-8,10-11,13-14,16,20H,9,12,17-18H2,1-2H3/b23-16-. The molecule has 0 N–H and O–H groups in total. The molecule has 0 amide bonds. The fourth-order valence-corrected chi connectivity index (χ4v) is 5.91. The van der Waals surface area contributed by atoms with Gasteiger partial charge in [0.2, 0.25) is 0 Å². The van der Waals surface area contributed by atoms with Gasteiger partial charge in [0, 0.05) is 12.6 Å². The summed E-state index contributed by atoms with van der Waals surface area (Å²) in [5.74, 6) is 0.275. The van der Waals surface area contributed by atoms with Crippen LogP contribution in [0.15, 0.2) is 65.8 Å². The number of hydrogen-bond acceptors (Lipinski definition) is 3. The van der Waals surface area contributed by atoms with Gasteiger partial charge >= 0.3 is 0 Å². The highest BCUT2D eigenvalue weighted by Crippen LogP contribution is 2.20. The topological polar surface area (TPSA) is 45.4 Å². The Hall–Kier alpha value is -2.38. The van der Waals surface area contributed by atoms with Crippen molar-refractivity contribution in [3.8, 4) is 6.07 Å². The molecule has 4 heteroatoms. The molecule has 3 nitrogen and oxygen atoms in total. The molecule has 0 saturated heterocycles. The van der Waals surface area contributed by atoms with Crippen LogP contribution in [0.2, 0.25) is 19.1 Å². The van der Waals surface area contributed by atoms with E-state index in [0.717, 1.165) is 18.0 Å². The zero-order valence-corrected chi connectivity index (χ0v) is 16.1. The van der Waals surface area contributed by atoms with Gasteiger partial charge in [-0.25, -0.2) is 0 Å². The second-order valence-electron chi connectivity index (χ2n) is 6.92. The lowest BCUT2D eigenvalue weighted by Crippen LogP contribution is -2.43. The van der Waals surface area contributed by atoms with Crippen molar-refractivity contribution < 1.29 is 4.84 Å². The number of rotatable bonds is 9. The van der Waals surface area contributed by atoms with Crippen molar-refractivity contribution in [1.29, 1.82) is 5.26 Å². The van der Waals surface area contributed by atoms with Crippen LogP contribution in [-0.4, -0.2) is 14.3 Å². The maximum Gasteiger partial charge on any atom is 0.142 e. The number of benzene rings is 2. The third-order valence-electron chi connectivity index (χ3n) is 4.37. The van der Waals surface area contributed by atoms with Gasteiger partial charge in [-0.1, -0.05) is 84.1 Å². The van der Waals surface area contributed by atoms with Gasteiger partial charge in [-0.2, -0.15) is 5.26 Å². The maximum absolute atomic E-state index is 8.94. The largest absolute Gasteiger partial charge is 0.391 e. The number of oxime groups is 1. The molecule has 0 fully saturated rings. The van der Waals surface area contributed by atoms with Crippen molar-refractivity contribution in [3.63, 3.8) is 0 Å². The molecule has 25 heavy (non-hydrogen) atoms.